The largest absolute Gasteiger partial charge is 0.381 e. The molecule has 4 heteroatoms. The van der Waals surface area contributed by atoms with Crippen molar-refractivity contribution >= 4 is 7.80 Å². The second kappa shape index (κ2) is 5.98. The van der Waals surface area contributed by atoms with Gasteiger partial charge in [-0.2, -0.15) is 0 Å². The van der Waals surface area contributed by atoms with Gasteiger partial charge in [-0.25, -0.2) is 0 Å². The van der Waals surface area contributed by atoms with Crippen molar-refractivity contribution in [1.82, 2.24) is 0 Å². The van der Waals surface area contributed by atoms with E-state index in [2.05, 4.69) is 13.8 Å². The van der Waals surface area contributed by atoms with Gasteiger partial charge in [-0.3, -0.25) is 0 Å². The highest BCUT2D eigenvalue weighted by atomic mass is 31.1. The molecular formula is C14H30O3P+. The monoisotopic (exact) mass is 277 g/mol. The fourth-order valence-electron chi connectivity index (χ4n) is 1.65. The third-order valence-corrected chi connectivity index (χ3v) is 6.18. The normalized spacial score (nSPS) is 15.1. The number of ether oxygens (including phenoxy) is 1. The molecule has 0 aliphatic heterocycles. The Bertz CT molecular complexity index is 288. The second-order valence-corrected chi connectivity index (χ2v) is 9.69. The highest BCUT2D eigenvalue weighted by Crippen LogP contribution is 2.54. The Morgan fingerprint density at radius 3 is 1.89 bits per heavy atom. The minimum absolute atomic E-state index is 0.532. The van der Waals surface area contributed by atoms with Crippen LogP contribution in [-0.2, 0) is 9.30 Å². The van der Waals surface area contributed by atoms with E-state index < -0.39 is 23.9 Å². The third-order valence-electron chi connectivity index (χ3n) is 3.64. The zero-order chi connectivity index (χ0) is 14.8. The van der Waals surface area contributed by atoms with Gasteiger partial charge in [0.15, 0.2) is 5.16 Å². The molecule has 0 aliphatic rings. The summed E-state index contributed by atoms with van der Waals surface area (Å²) in [7, 11) is -1.80. The van der Waals surface area contributed by atoms with E-state index in [1.54, 1.807) is 13.8 Å². The molecule has 0 aliphatic carbocycles. The van der Waals surface area contributed by atoms with Crippen molar-refractivity contribution in [2.24, 2.45) is 5.92 Å². The maximum absolute atomic E-state index is 12.4. The lowest BCUT2D eigenvalue weighted by Gasteiger charge is -2.35. The molecule has 18 heavy (non-hydrogen) atoms. The van der Waals surface area contributed by atoms with E-state index in [1.165, 1.54) is 0 Å². The molecule has 3 nitrogen and oxygen atoms in total. The first kappa shape index (κ1) is 18.0. The van der Waals surface area contributed by atoms with Crippen LogP contribution in [0.25, 0.3) is 0 Å². The smallest absolute Gasteiger partial charge is 0.371 e. The van der Waals surface area contributed by atoms with Gasteiger partial charge < -0.3 is 9.84 Å². The zero-order valence-corrected chi connectivity index (χ0v) is 14.1. The number of aliphatic hydroxyl groups is 1. The molecule has 0 fully saturated rings. The Hall–Kier alpha value is 0.0200. The van der Waals surface area contributed by atoms with Crippen LogP contribution in [0, 0.1) is 5.92 Å². The standard InChI is InChI=1S/C14H30O3P/c1-11(2)9-10-17-12(3,4)13(5,6)18(16)14(7,8)15/h11,15H,9-10H2,1-8H3/q+1. The first-order valence-electron chi connectivity index (χ1n) is 6.66. The first-order valence-corrected chi connectivity index (χ1v) is 7.92. The van der Waals surface area contributed by atoms with Crippen molar-refractivity contribution in [2.75, 3.05) is 6.61 Å². The predicted octanol–water partition coefficient (Wildman–Crippen LogP) is 4.16. The fourth-order valence-corrected chi connectivity index (χ4v) is 3.58. The summed E-state index contributed by atoms with van der Waals surface area (Å²) in [4.78, 5) is 0. The lowest BCUT2D eigenvalue weighted by atomic mass is 9.93. The van der Waals surface area contributed by atoms with Gasteiger partial charge in [0.05, 0.1) is 0 Å². The molecule has 0 aromatic carbocycles. The van der Waals surface area contributed by atoms with Gasteiger partial charge in [-0.15, -0.1) is 0 Å². The third kappa shape index (κ3) is 4.60. The molecule has 0 heterocycles. The van der Waals surface area contributed by atoms with Crippen molar-refractivity contribution < 1.29 is 14.4 Å². The molecule has 0 bridgehead atoms. The quantitative estimate of drug-likeness (QED) is 0.711. The van der Waals surface area contributed by atoms with Crippen LogP contribution in [0.1, 0.15) is 61.8 Å². The molecule has 1 N–H and O–H groups in total. The van der Waals surface area contributed by atoms with Crippen LogP contribution in [0.5, 0.6) is 0 Å². The Kier molecular flexibility index (Phi) is 5.99. The molecule has 0 rings (SSSR count). The first-order chi connectivity index (χ1) is 7.82. The van der Waals surface area contributed by atoms with Crippen LogP contribution in [0.3, 0.4) is 0 Å². The summed E-state index contributed by atoms with van der Waals surface area (Å²) in [5.74, 6) is 0.590. The van der Waals surface area contributed by atoms with E-state index in [-0.39, 0.29) is 0 Å². The number of hydrogen-bond acceptors (Lipinski definition) is 3. The molecule has 108 valence electrons. The lowest BCUT2D eigenvalue weighted by Crippen LogP contribution is -2.47. The van der Waals surface area contributed by atoms with E-state index in [9.17, 15) is 9.67 Å². The van der Waals surface area contributed by atoms with Gasteiger partial charge >= 0.3 is 7.80 Å². The van der Waals surface area contributed by atoms with Crippen LogP contribution in [-0.4, -0.2) is 27.8 Å². The average Bonchev–Trinajstić information content (AvgIpc) is 2.13. The topological polar surface area (TPSA) is 46.5 Å². The maximum Gasteiger partial charge on any atom is 0.381 e. The molecule has 0 radical (unpaired) electrons. The van der Waals surface area contributed by atoms with Gasteiger partial charge in [0, 0.05) is 20.5 Å². The second-order valence-electron chi connectivity index (χ2n) is 6.89. The molecule has 0 amide bonds. The Balaban J connectivity index is 4.80. The Morgan fingerprint density at radius 2 is 1.56 bits per heavy atom. The van der Waals surface area contributed by atoms with Gasteiger partial charge in [0.25, 0.3) is 5.34 Å². The molecular weight excluding hydrogens is 247 g/mol. The summed E-state index contributed by atoms with van der Waals surface area (Å²) < 4.78 is 18.4. The minimum Gasteiger partial charge on any atom is -0.371 e. The van der Waals surface area contributed by atoms with Crippen LogP contribution >= 0.6 is 7.80 Å². The van der Waals surface area contributed by atoms with Crippen molar-refractivity contribution in [3.63, 3.8) is 0 Å². The molecule has 0 aromatic rings. The summed E-state index contributed by atoms with van der Waals surface area (Å²) in [5, 5.41) is 8.19. The summed E-state index contributed by atoms with van der Waals surface area (Å²) in [5.41, 5.74) is -0.532. The molecule has 1 atom stereocenters. The van der Waals surface area contributed by atoms with E-state index >= 15 is 0 Å². The van der Waals surface area contributed by atoms with Crippen molar-refractivity contribution in [2.45, 2.75) is 77.9 Å². The van der Waals surface area contributed by atoms with Gasteiger partial charge in [0.2, 0.25) is 0 Å². The minimum atomic E-state index is -1.80. The van der Waals surface area contributed by atoms with E-state index in [4.69, 9.17) is 4.74 Å². The summed E-state index contributed by atoms with van der Waals surface area (Å²) in [6.45, 7) is 15.9. The summed E-state index contributed by atoms with van der Waals surface area (Å²) >= 11 is 0. The average molecular weight is 277 g/mol. The van der Waals surface area contributed by atoms with E-state index in [1.807, 2.05) is 27.7 Å². The molecule has 0 saturated carbocycles. The predicted molar refractivity (Wildman–Crippen MR) is 77.5 cm³/mol. The zero-order valence-electron chi connectivity index (χ0n) is 13.2. The van der Waals surface area contributed by atoms with Crippen LogP contribution < -0.4 is 0 Å². The Labute approximate surface area is 113 Å². The van der Waals surface area contributed by atoms with Crippen LogP contribution in [0.15, 0.2) is 0 Å². The molecule has 0 spiro atoms. The van der Waals surface area contributed by atoms with Crippen molar-refractivity contribution in [3.05, 3.63) is 0 Å². The van der Waals surface area contributed by atoms with Crippen molar-refractivity contribution in [3.8, 4) is 0 Å². The van der Waals surface area contributed by atoms with Crippen molar-refractivity contribution in [1.29, 1.82) is 0 Å². The van der Waals surface area contributed by atoms with E-state index in [0.29, 0.717) is 12.5 Å². The molecule has 0 aromatic heterocycles. The SMILES string of the molecule is CC(C)CCOC(C)(C)C(C)(C)[P+](=O)C(C)(C)O. The summed E-state index contributed by atoms with van der Waals surface area (Å²) in [6.07, 6.45) is 0.985. The lowest BCUT2D eigenvalue weighted by molar-refractivity contribution is -0.0460. The highest BCUT2D eigenvalue weighted by Gasteiger charge is 2.59. The molecule has 0 saturated heterocycles. The maximum atomic E-state index is 12.4. The van der Waals surface area contributed by atoms with Crippen LogP contribution in [0.2, 0.25) is 0 Å². The van der Waals surface area contributed by atoms with Crippen LogP contribution in [0.4, 0.5) is 0 Å². The van der Waals surface area contributed by atoms with Gasteiger partial charge in [-0.05, 0) is 40.0 Å². The summed E-state index contributed by atoms with van der Waals surface area (Å²) in [6, 6.07) is 0. The number of rotatable bonds is 7. The van der Waals surface area contributed by atoms with Gasteiger partial charge in [-0.1, -0.05) is 18.4 Å². The Morgan fingerprint density at radius 1 is 1.11 bits per heavy atom. The van der Waals surface area contributed by atoms with E-state index in [0.717, 1.165) is 6.42 Å². The highest BCUT2D eigenvalue weighted by molar-refractivity contribution is 7.48. The fraction of sp³-hybridized carbons (Fsp3) is 1.00. The van der Waals surface area contributed by atoms with Gasteiger partial charge in [0.1, 0.15) is 5.60 Å². The number of hydrogen-bond donors (Lipinski definition) is 1. The molecule has 1 unspecified atom stereocenters.